The number of hydrogen-bond acceptors (Lipinski definition) is 5. The van der Waals surface area contributed by atoms with Gasteiger partial charge in [0.1, 0.15) is 24.1 Å². The largest absolute Gasteiger partial charge is 0.351 e. The maximum atomic E-state index is 13.1. The number of fused-ring (bicyclic) bond motifs is 1. The molecule has 36 heavy (non-hydrogen) atoms. The normalized spacial score (nSPS) is 25.6. The summed E-state index contributed by atoms with van der Waals surface area (Å²) < 4.78 is 37.7. The molecule has 0 aromatic heterocycles. The predicted octanol–water partition coefficient (Wildman–Crippen LogP) is 6.06. The van der Waals surface area contributed by atoms with E-state index >= 15 is 0 Å². The zero-order chi connectivity index (χ0) is 26.0. The van der Waals surface area contributed by atoms with E-state index in [4.69, 9.17) is 18.9 Å². The van der Waals surface area contributed by atoms with E-state index in [9.17, 15) is 9.18 Å². The third-order valence-corrected chi connectivity index (χ3v) is 6.99. The van der Waals surface area contributed by atoms with Gasteiger partial charge in [0.15, 0.2) is 12.1 Å². The highest BCUT2D eigenvalue weighted by atomic mass is 19.1. The Labute approximate surface area is 216 Å². The van der Waals surface area contributed by atoms with Crippen LogP contribution in [0.3, 0.4) is 0 Å². The third kappa shape index (κ3) is 9.09. The van der Waals surface area contributed by atoms with Crippen LogP contribution in [0.4, 0.5) is 4.39 Å². The average molecular weight is 508 g/mol. The summed E-state index contributed by atoms with van der Waals surface area (Å²) in [6.45, 7) is 8.55. The molecule has 1 amide bonds. The van der Waals surface area contributed by atoms with Gasteiger partial charge in [-0.3, -0.25) is 4.79 Å². The molecule has 0 radical (unpaired) electrons. The van der Waals surface area contributed by atoms with Gasteiger partial charge in [-0.2, -0.15) is 0 Å². The molecule has 204 valence electrons. The summed E-state index contributed by atoms with van der Waals surface area (Å²) in [7, 11) is 0. The minimum Gasteiger partial charge on any atom is -0.351 e. The second kappa shape index (κ2) is 14.4. The number of unbranched alkanes of at least 4 members (excludes halogenated alkanes) is 9. The Balaban J connectivity index is 1.39. The van der Waals surface area contributed by atoms with Crippen LogP contribution in [-0.4, -0.2) is 48.9 Å². The zero-order valence-corrected chi connectivity index (χ0v) is 22.6. The van der Waals surface area contributed by atoms with Crippen molar-refractivity contribution < 1.29 is 28.1 Å². The van der Waals surface area contributed by atoms with Gasteiger partial charge in [0.25, 0.3) is 0 Å². The number of carbonyl (C=O) groups is 1. The zero-order valence-electron chi connectivity index (χ0n) is 22.6. The van der Waals surface area contributed by atoms with E-state index in [0.29, 0.717) is 6.61 Å². The number of benzene rings is 1. The molecule has 2 aliphatic rings. The summed E-state index contributed by atoms with van der Waals surface area (Å²) in [6.07, 6.45) is 11.4. The number of amides is 1. The fourth-order valence-corrected chi connectivity index (χ4v) is 5.09. The van der Waals surface area contributed by atoms with Crippen molar-refractivity contribution in [2.24, 2.45) is 0 Å². The molecule has 0 unspecified atom stereocenters. The van der Waals surface area contributed by atoms with Crippen molar-refractivity contribution in [2.75, 3.05) is 6.61 Å². The maximum absolute atomic E-state index is 13.1. The van der Waals surface area contributed by atoms with Gasteiger partial charge in [-0.25, -0.2) is 4.39 Å². The average Bonchev–Trinajstić information content (AvgIpc) is 3.32. The predicted molar refractivity (Wildman–Crippen MR) is 138 cm³/mol. The van der Waals surface area contributed by atoms with Gasteiger partial charge in [-0.1, -0.05) is 76.8 Å². The van der Waals surface area contributed by atoms with Crippen LogP contribution in [-0.2, 0) is 30.2 Å². The Hall–Kier alpha value is -1.54. The van der Waals surface area contributed by atoms with E-state index < -0.39 is 12.1 Å². The lowest BCUT2D eigenvalue weighted by atomic mass is 10.0. The van der Waals surface area contributed by atoms with Gasteiger partial charge in [0.2, 0.25) is 5.91 Å². The van der Waals surface area contributed by atoms with Crippen LogP contribution in [0.25, 0.3) is 0 Å². The molecule has 7 heteroatoms. The highest BCUT2D eigenvalue weighted by molar-refractivity contribution is 5.78. The molecule has 2 heterocycles. The summed E-state index contributed by atoms with van der Waals surface area (Å²) in [4.78, 5) is 12.6. The quantitative estimate of drug-likeness (QED) is 0.276. The summed E-state index contributed by atoms with van der Waals surface area (Å²) >= 11 is 0. The minimum atomic E-state index is -0.728. The second-order valence-corrected chi connectivity index (χ2v) is 10.7. The molecule has 0 saturated carbocycles. The third-order valence-electron chi connectivity index (χ3n) is 6.99. The number of carbonyl (C=O) groups excluding carboxylic acids is 1. The monoisotopic (exact) mass is 507 g/mol. The molecule has 0 aliphatic carbocycles. The van der Waals surface area contributed by atoms with E-state index in [1.165, 1.54) is 63.5 Å². The molecule has 2 aliphatic heterocycles. The molecule has 2 saturated heterocycles. The van der Waals surface area contributed by atoms with E-state index in [1.807, 2.05) is 20.8 Å². The summed E-state index contributed by atoms with van der Waals surface area (Å²) in [5.74, 6) is -1.20. The number of hydrogen-bond donors (Lipinski definition) is 1. The molecule has 1 aromatic carbocycles. The van der Waals surface area contributed by atoms with E-state index in [-0.39, 0.29) is 42.5 Å². The molecule has 6 nitrogen and oxygen atoms in total. The number of ether oxygens (including phenoxy) is 4. The molecule has 2 fully saturated rings. The smallest absolute Gasteiger partial charge is 0.224 e. The lowest BCUT2D eigenvalue weighted by molar-refractivity contribution is -0.235. The summed E-state index contributed by atoms with van der Waals surface area (Å²) in [5.41, 5.74) is 0.755. The standard InChI is InChI=1S/C29H46FNO5/c1-5-6-7-8-9-10-11-12-13-14-19-33-28-27-26(35-29(3,4)36-27)25(34-28)21(2)31-24(32)20-22-15-17-23(30)18-16-22/h15-18,21,25-28H,5-14,19-20H2,1-4H3,(H,31,32)/t21-,25+,26-,27-,28-/m0/s1. The second-order valence-electron chi connectivity index (χ2n) is 10.7. The van der Waals surface area contributed by atoms with Crippen molar-refractivity contribution in [2.45, 2.75) is 135 Å². The first-order valence-electron chi connectivity index (χ1n) is 14.0. The van der Waals surface area contributed by atoms with Crippen molar-refractivity contribution in [3.63, 3.8) is 0 Å². The van der Waals surface area contributed by atoms with Gasteiger partial charge in [-0.15, -0.1) is 0 Å². The molecule has 5 atom stereocenters. The molecule has 0 spiro atoms. The summed E-state index contributed by atoms with van der Waals surface area (Å²) in [5, 5.41) is 3.01. The molecular weight excluding hydrogens is 461 g/mol. The lowest BCUT2D eigenvalue weighted by Crippen LogP contribution is -2.47. The van der Waals surface area contributed by atoms with Crippen molar-refractivity contribution in [1.29, 1.82) is 0 Å². The molecule has 0 bridgehead atoms. The Morgan fingerprint density at radius 3 is 2.19 bits per heavy atom. The lowest BCUT2D eigenvalue weighted by Gasteiger charge is -2.27. The van der Waals surface area contributed by atoms with Gasteiger partial charge < -0.3 is 24.3 Å². The Morgan fingerprint density at radius 1 is 0.972 bits per heavy atom. The van der Waals surface area contributed by atoms with Crippen LogP contribution >= 0.6 is 0 Å². The van der Waals surface area contributed by atoms with E-state index in [1.54, 1.807) is 12.1 Å². The maximum Gasteiger partial charge on any atom is 0.224 e. The van der Waals surface area contributed by atoms with Crippen LogP contribution < -0.4 is 5.32 Å². The van der Waals surface area contributed by atoms with Crippen LogP contribution in [0.1, 0.15) is 97.5 Å². The van der Waals surface area contributed by atoms with Crippen LogP contribution in [0.5, 0.6) is 0 Å². The Morgan fingerprint density at radius 2 is 1.56 bits per heavy atom. The van der Waals surface area contributed by atoms with Crippen LogP contribution in [0.2, 0.25) is 0 Å². The highest BCUT2D eigenvalue weighted by Crippen LogP contribution is 2.40. The first-order valence-corrected chi connectivity index (χ1v) is 14.0. The molecule has 1 aromatic rings. The molecule has 3 rings (SSSR count). The van der Waals surface area contributed by atoms with Crippen molar-refractivity contribution in [3.8, 4) is 0 Å². The van der Waals surface area contributed by atoms with Crippen molar-refractivity contribution in [3.05, 3.63) is 35.6 Å². The first kappa shape index (κ1) is 29.0. The number of rotatable bonds is 16. The van der Waals surface area contributed by atoms with Gasteiger partial charge in [0, 0.05) is 6.61 Å². The van der Waals surface area contributed by atoms with Crippen LogP contribution in [0, 0.1) is 5.82 Å². The Kier molecular flexibility index (Phi) is 11.6. The summed E-state index contributed by atoms with van der Waals surface area (Å²) in [6, 6.07) is 5.66. The van der Waals surface area contributed by atoms with Gasteiger partial charge in [0.05, 0.1) is 12.5 Å². The van der Waals surface area contributed by atoms with Crippen LogP contribution in [0.15, 0.2) is 24.3 Å². The number of nitrogens with one attached hydrogen (secondary N) is 1. The highest BCUT2D eigenvalue weighted by Gasteiger charge is 2.57. The van der Waals surface area contributed by atoms with Gasteiger partial charge in [-0.05, 0) is 44.9 Å². The van der Waals surface area contributed by atoms with E-state index in [0.717, 1.165) is 18.4 Å². The Bertz CT molecular complexity index is 786. The molecular formula is C29H46FNO5. The SMILES string of the molecule is CCCCCCCCCCCCO[C@H]1O[C@H]([C@H](C)NC(=O)Cc2ccc(F)cc2)[C@@H]2OC(C)(C)O[C@H]12. The minimum absolute atomic E-state index is 0.151. The van der Waals surface area contributed by atoms with E-state index in [2.05, 4.69) is 12.2 Å². The topological polar surface area (TPSA) is 66.0 Å². The fraction of sp³-hybridized carbons (Fsp3) is 0.759. The van der Waals surface area contributed by atoms with Gasteiger partial charge >= 0.3 is 0 Å². The van der Waals surface area contributed by atoms with Crippen molar-refractivity contribution in [1.82, 2.24) is 5.32 Å². The molecule has 1 N–H and O–H groups in total. The van der Waals surface area contributed by atoms with Crippen molar-refractivity contribution >= 4 is 5.91 Å². The number of halogens is 1. The first-order chi connectivity index (χ1) is 17.3. The fourth-order valence-electron chi connectivity index (χ4n) is 5.09.